The van der Waals surface area contributed by atoms with Crippen molar-refractivity contribution in [3.05, 3.63) is 89.8 Å². The quantitative estimate of drug-likeness (QED) is 0.192. The summed E-state index contributed by atoms with van der Waals surface area (Å²) in [6.07, 6.45) is 3.15. The molecule has 0 saturated carbocycles. The lowest BCUT2D eigenvalue weighted by molar-refractivity contribution is -0.112. The van der Waals surface area contributed by atoms with Crippen LogP contribution in [0.4, 0.5) is 14.5 Å². The molecule has 4 rings (SSSR count). The Morgan fingerprint density at radius 2 is 1.88 bits per heavy atom. The molecule has 0 atom stereocenters. The zero-order chi connectivity index (χ0) is 24.1. The molecule has 170 valence electrons. The summed E-state index contributed by atoms with van der Waals surface area (Å²) in [6, 6.07) is 20.9. The minimum atomic E-state index is -2.53. The number of hydrogen-bond acceptors (Lipinski definition) is 5. The van der Waals surface area contributed by atoms with Crippen molar-refractivity contribution in [2.75, 3.05) is 5.32 Å². The van der Waals surface area contributed by atoms with Crippen LogP contribution in [-0.4, -0.2) is 21.4 Å². The van der Waals surface area contributed by atoms with Gasteiger partial charge in [-0.25, -0.2) is 4.68 Å². The molecule has 2 heterocycles. The predicted octanol–water partition coefficient (Wildman–Crippen LogP) is 6.30. The third-order valence-electron chi connectivity index (χ3n) is 4.74. The van der Waals surface area contributed by atoms with Crippen LogP contribution in [0, 0.1) is 18.3 Å². The standard InChI is InChI=1S/C25H18F2N4O2S/c1-16-7-12-22(33-16)23-18(15-31(30-23)20-5-3-2-4-6-20)13-17(14-28)24(32)29-19-8-10-21(11-9-19)34-25(26)27/h2-13,15,25H,1H3,(H,29,32)/b17-13-. The van der Waals surface area contributed by atoms with E-state index in [0.29, 0.717) is 45.1 Å². The Bertz CT molecular complexity index is 1370. The summed E-state index contributed by atoms with van der Waals surface area (Å²) in [5.41, 5.74) is 2.03. The number of carbonyl (C=O) groups is 1. The van der Waals surface area contributed by atoms with Gasteiger partial charge in [-0.05, 0) is 61.5 Å². The van der Waals surface area contributed by atoms with Crippen molar-refractivity contribution in [3.8, 4) is 23.2 Å². The van der Waals surface area contributed by atoms with Crippen LogP contribution in [0.25, 0.3) is 23.2 Å². The molecule has 34 heavy (non-hydrogen) atoms. The first-order chi connectivity index (χ1) is 16.4. The molecular weight excluding hydrogens is 458 g/mol. The largest absolute Gasteiger partial charge is 0.460 e. The molecule has 0 spiro atoms. The number of amides is 1. The zero-order valence-corrected chi connectivity index (χ0v) is 18.7. The summed E-state index contributed by atoms with van der Waals surface area (Å²) in [5, 5.41) is 16.9. The van der Waals surface area contributed by atoms with Crippen molar-refractivity contribution < 1.29 is 18.0 Å². The molecule has 1 amide bonds. The molecule has 4 aromatic rings. The number of carbonyl (C=O) groups excluding carboxylic acids is 1. The van der Waals surface area contributed by atoms with Crippen LogP contribution >= 0.6 is 11.8 Å². The molecule has 6 nitrogen and oxygen atoms in total. The summed E-state index contributed by atoms with van der Waals surface area (Å²) in [5.74, 6) is -1.96. The molecule has 1 N–H and O–H groups in total. The number of hydrogen-bond donors (Lipinski definition) is 1. The molecule has 2 aromatic carbocycles. The maximum absolute atomic E-state index is 12.8. The van der Waals surface area contributed by atoms with Gasteiger partial charge in [0.15, 0.2) is 5.76 Å². The highest BCUT2D eigenvalue weighted by molar-refractivity contribution is 7.99. The zero-order valence-electron chi connectivity index (χ0n) is 17.9. The summed E-state index contributed by atoms with van der Waals surface area (Å²) in [7, 11) is 0. The molecule has 9 heteroatoms. The van der Waals surface area contributed by atoms with Gasteiger partial charge in [0, 0.05) is 22.3 Å². The maximum atomic E-state index is 12.8. The Kier molecular flexibility index (Phi) is 6.90. The monoisotopic (exact) mass is 476 g/mol. The second-order valence-electron chi connectivity index (χ2n) is 7.15. The fourth-order valence-corrected chi connectivity index (χ4v) is 3.68. The number of rotatable bonds is 7. The van der Waals surface area contributed by atoms with E-state index in [0.717, 1.165) is 5.69 Å². The SMILES string of the molecule is Cc1ccc(-c2nn(-c3ccccc3)cc2/C=C(/C#N)C(=O)Nc2ccc(SC(F)F)cc2)o1. The molecule has 0 saturated heterocycles. The van der Waals surface area contributed by atoms with Gasteiger partial charge >= 0.3 is 0 Å². The highest BCUT2D eigenvalue weighted by atomic mass is 32.2. The molecule has 0 aliphatic rings. The van der Waals surface area contributed by atoms with Gasteiger partial charge in [0.2, 0.25) is 0 Å². The number of nitrogens with zero attached hydrogens (tertiary/aromatic N) is 3. The second-order valence-corrected chi connectivity index (χ2v) is 8.21. The smallest absolute Gasteiger partial charge is 0.288 e. The number of para-hydroxylation sites is 1. The molecule has 0 aliphatic heterocycles. The average molecular weight is 477 g/mol. The Balaban J connectivity index is 1.64. The third kappa shape index (κ3) is 5.42. The number of alkyl halides is 2. The summed E-state index contributed by atoms with van der Waals surface area (Å²) in [4.78, 5) is 13.1. The Hall–Kier alpha value is -4.16. The van der Waals surface area contributed by atoms with Gasteiger partial charge in [0.1, 0.15) is 23.1 Å². The second kappa shape index (κ2) is 10.2. The Labute approximate surface area is 198 Å². The van der Waals surface area contributed by atoms with E-state index in [9.17, 15) is 18.8 Å². The Morgan fingerprint density at radius 1 is 1.15 bits per heavy atom. The van der Waals surface area contributed by atoms with E-state index in [-0.39, 0.29) is 5.57 Å². The lowest BCUT2D eigenvalue weighted by atomic mass is 10.1. The van der Waals surface area contributed by atoms with Gasteiger partial charge in [0.25, 0.3) is 11.7 Å². The molecular formula is C25H18F2N4O2S. The number of aryl methyl sites for hydroxylation is 1. The fourth-order valence-electron chi connectivity index (χ4n) is 3.18. The van der Waals surface area contributed by atoms with E-state index in [1.54, 1.807) is 23.0 Å². The predicted molar refractivity (Wildman–Crippen MR) is 127 cm³/mol. The van der Waals surface area contributed by atoms with Crippen LogP contribution in [0.15, 0.2) is 87.8 Å². The Morgan fingerprint density at radius 3 is 2.50 bits per heavy atom. The molecule has 0 radical (unpaired) electrons. The highest BCUT2D eigenvalue weighted by Gasteiger charge is 2.17. The number of aromatic nitrogens is 2. The van der Waals surface area contributed by atoms with Crippen molar-refractivity contribution in [1.82, 2.24) is 9.78 Å². The average Bonchev–Trinajstić information content (AvgIpc) is 3.45. The number of thioether (sulfide) groups is 1. The number of nitriles is 1. The van der Waals surface area contributed by atoms with Crippen LogP contribution in [-0.2, 0) is 4.79 Å². The van der Waals surface area contributed by atoms with Gasteiger partial charge in [-0.1, -0.05) is 30.0 Å². The minimum Gasteiger partial charge on any atom is -0.460 e. The third-order valence-corrected chi connectivity index (χ3v) is 5.46. The summed E-state index contributed by atoms with van der Waals surface area (Å²) < 4.78 is 32.4. The first-order valence-corrected chi connectivity index (χ1v) is 11.0. The minimum absolute atomic E-state index is 0.150. The van der Waals surface area contributed by atoms with Crippen LogP contribution in [0.2, 0.25) is 0 Å². The summed E-state index contributed by atoms with van der Waals surface area (Å²) in [6.45, 7) is 1.81. The van der Waals surface area contributed by atoms with Crippen molar-refractivity contribution in [3.63, 3.8) is 0 Å². The van der Waals surface area contributed by atoms with Crippen molar-refractivity contribution in [2.24, 2.45) is 0 Å². The lowest BCUT2D eigenvalue weighted by Gasteiger charge is -2.06. The molecule has 0 aliphatic carbocycles. The number of nitrogens with one attached hydrogen (secondary N) is 1. The first kappa shape index (κ1) is 23.0. The van der Waals surface area contributed by atoms with E-state index in [1.165, 1.54) is 30.3 Å². The van der Waals surface area contributed by atoms with Crippen molar-refractivity contribution in [2.45, 2.75) is 17.6 Å². The highest BCUT2D eigenvalue weighted by Crippen LogP contribution is 2.28. The van der Waals surface area contributed by atoms with E-state index in [4.69, 9.17) is 4.42 Å². The topological polar surface area (TPSA) is 83.8 Å². The molecule has 0 fully saturated rings. The van der Waals surface area contributed by atoms with Gasteiger partial charge < -0.3 is 9.73 Å². The lowest BCUT2D eigenvalue weighted by Crippen LogP contribution is -2.13. The van der Waals surface area contributed by atoms with E-state index in [2.05, 4.69) is 10.4 Å². The van der Waals surface area contributed by atoms with Crippen LogP contribution in [0.5, 0.6) is 0 Å². The normalized spacial score (nSPS) is 11.4. The number of anilines is 1. The van der Waals surface area contributed by atoms with Gasteiger partial charge in [-0.15, -0.1) is 0 Å². The van der Waals surface area contributed by atoms with Crippen molar-refractivity contribution >= 4 is 29.4 Å². The maximum Gasteiger partial charge on any atom is 0.288 e. The van der Waals surface area contributed by atoms with Crippen LogP contribution in [0.1, 0.15) is 11.3 Å². The van der Waals surface area contributed by atoms with Gasteiger partial charge in [-0.2, -0.15) is 19.1 Å². The van der Waals surface area contributed by atoms with Crippen LogP contribution < -0.4 is 5.32 Å². The van der Waals surface area contributed by atoms with Gasteiger partial charge in [-0.3, -0.25) is 4.79 Å². The molecule has 2 aromatic heterocycles. The van der Waals surface area contributed by atoms with E-state index in [1.807, 2.05) is 43.3 Å². The number of benzene rings is 2. The first-order valence-electron chi connectivity index (χ1n) is 10.1. The number of halogens is 2. The summed E-state index contributed by atoms with van der Waals surface area (Å²) >= 11 is 0.412. The van der Waals surface area contributed by atoms with Crippen LogP contribution in [0.3, 0.4) is 0 Å². The number of furan rings is 1. The fraction of sp³-hybridized carbons (Fsp3) is 0.0800. The van der Waals surface area contributed by atoms with Gasteiger partial charge in [0.05, 0.1) is 5.69 Å². The molecule has 0 bridgehead atoms. The van der Waals surface area contributed by atoms with E-state index >= 15 is 0 Å². The molecule has 0 unspecified atom stereocenters. The van der Waals surface area contributed by atoms with E-state index < -0.39 is 11.7 Å². The van der Waals surface area contributed by atoms with Crippen molar-refractivity contribution in [1.29, 1.82) is 5.26 Å².